The minimum Gasteiger partial charge on any atom is -0.448 e. The number of esters is 1. The Balaban J connectivity index is 2.08. The van der Waals surface area contributed by atoms with Crippen molar-refractivity contribution in [2.75, 3.05) is 0 Å². The quantitative estimate of drug-likeness (QED) is 0.631. The van der Waals surface area contributed by atoms with Crippen molar-refractivity contribution >= 4 is 12.3 Å². The molecule has 1 fully saturated rings. The molecule has 4 atom stereocenters. The zero-order valence-corrected chi connectivity index (χ0v) is 12.2. The van der Waals surface area contributed by atoms with Gasteiger partial charge in [0.25, 0.3) is 0 Å². The SMILES string of the molecule is C[C@@H]1[C@@H]2C(=O)O[C@@](c3ccccc3)(c3ccccc32)[C@H]1C=O. The van der Waals surface area contributed by atoms with Gasteiger partial charge in [-0.05, 0) is 11.5 Å². The molecule has 2 heterocycles. The average Bonchev–Trinajstić information content (AvgIpc) is 2.55. The lowest BCUT2D eigenvalue weighted by Gasteiger charge is -2.53. The predicted octanol–water partition coefficient (Wildman–Crippen LogP) is 3.04. The van der Waals surface area contributed by atoms with Gasteiger partial charge in [-0.3, -0.25) is 4.79 Å². The molecule has 2 aliphatic heterocycles. The number of fused-ring (bicyclic) bond motifs is 2. The maximum atomic E-state index is 12.5. The highest BCUT2D eigenvalue weighted by Gasteiger charge is 2.61. The molecule has 0 saturated carbocycles. The van der Waals surface area contributed by atoms with Crippen LogP contribution in [0.1, 0.15) is 29.5 Å². The third-order valence-corrected chi connectivity index (χ3v) is 5.12. The van der Waals surface area contributed by atoms with Crippen molar-refractivity contribution in [2.24, 2.45) is 11.8 Å². The standard InChI is InChI=1S/C19H16O3/c1-12-16(11-20)19(13-7-3-2-4-8-13)15-10-6-5-9-14(15)17(12)18(21)22-19/h2-12,16-17H,1H3/t12-,16-,17-,19-/m0/s1. The minimum absolute atomic E-state index is 0.0751. The summed E-state index contributed by atoms with van der Waals surface area (Å²) in [6, 6.07) is 17.4. The molecular weight excluding hydrogens is 276 g/mol. The lowest BCUT2D eigenvalue weighted by molar-refractivity contribution is -0.185. The van der Waals surface area contributed by atoms with Gasteiger partial charge >= 0.3 is 5.97 Å². The van der Waals surface area contributed by atoms with Crippen molar-refractivity contribution in [3.63, 3.8) is 0 Å². The Hall–Kier alpha value is -2.42. The summed E-state index contributed by atoms with van der Waals surface area (Å²) >= 11 is 0. The Morgan fingerprint density at radius 2 is 1.73 bits per heavy atom. The van der Waals surface area contributed by atoms with Gasteiger partial charge in [0.15, 0.2) is 5.60 Å². The molecule has 1 saturated heterocycles. The fourth-order valence-electron chi connectivity index (χ4n) is 4.15. The average molecular weight is 292 g/mol. The van der Waals surface area contributed by atoms with Crippen molar-refractivity contribution in [2.45, 2.75) is 18.4 Å². The van der Waals surface area contributed by atoms with E-state index < -0.39 is 5.60 Å². The molecule has 1 aliphatic carbocycles. The van der Waals surface area contributed by atoms with Crippen molar-refractivity contribution < 1.29 is 14.3 Å². The monoisotopic (exact) mass is 292 g/mol. The molecule has 2 bridgehead atoms. The molecular formula is C19H16O3. The highest BCUT2D eigenvalue weighted by molar-refractivity contribution is 5.86. The van der Waals surface area contributed by atoms with E-state index in [0.717, 1.165) is 23.0 Å². The Morgan fingerprint density at radius 1 is 1.05 bits per heavy atom. The van der Waals surface area contributed by atoms with Gasteiger partial charge in [-0.2, -0.15) is 0 Å². The zero-order chi connectivity index (χ0) is 15.3. The summed E-state index contributed by atoms with van der Waals surface area (Å²) in [4.78, 5) is 24.4. The van der Waals surface area contributed by atoms with Crippen LogP contribution in [0.2, 0.25) is 0 Å². The van der Waals surface area contributed by atoms with Gasteiger partial charge in [-0.25, -0.2) is 0 Å². The highest BCUT2D eigenvalue weighted by Crippen LogP contribution is 2.57. The van der Waals surface area contributed by atoms with Crippen LogP contribution in [0, 0.1) is 11.8 Å². The topological polar surface area (TPSA) is 43.4 Å². The maximum Gasteiger partial charge on any atom is 0.314 e. The summed E-state index contributed by atoms with van der Waals surface area (Å²) in [7, 11) is 0. The third kappa shape index (κ3) is 1.46. The summed E-state index contributed by atoms with van der Waals surface area (Å²) in [6.45, 7) is 1.97. The number of hydrogen-bond acceptors (Lipinski definition) is 3. The molecule has 5 rings (SSSR count). The van der Waals surface area contributed by atoms with Crippen LogP contribution < -0.4 is 0 Å². The van der Waals surface area contributed by atoms with Crippen molar-refractivity contribution in [3.05, 3.63) is 71.3 Å². The van der Waals surface area contributed by atoms with E-state index >= 15 is 0 Å². The van der Waals surface area contributed by atoms with Crippen LogP contribution in [-0.4, -0.2) is 12.3 Å². The van der Waals surface area contributed by atoms with E-state index in [0.29, 0.717) is 0 Å². The van der Waals surface area contributed by atoms with Crippen molar-refractivity contribution in [3.8, 4) is 0 Å². The molecule has 0 amide bonds. The summed E-state index contributed by atoms with van der Waals surface area (Å²) in [5.41, 5.74) is 1.80. The second kappa shape index (κ2) is 4.54. The fraction of sp³-hybridized carbons (Fsp3) is 0.263. The second-order valence-corrected chi connectivity index (χ2v) is 6.11. The number of carbonyl (C=O) groups excluding carboxylic acids is 2. The molecule has 2 aromatic carbocycles. The Morgan fingerprint density at radius 3 is 2.45 bits per heavy atom. The van der Waals surface area contributed by atoms with Gasteiger partial charge in [0, 0.05) is 11.1 Å². The van der Waals surface area contributed by atoms with Gasteiger partial charge in [0.1, 0.15) is 6.29 Å². The van der Waals surface area contributed by atoms with E-state index in [9.17, 15) is 9.59 Å². The van der Waals surface area contributed by atoms with Crippen molar-refractivity contribution in [1.29, 1.82) is 0 Å². The van der Waals surface area contributed by atoms with Gasteiger partial charge < -0.3 is 9.53 Å². The van der Waals surface area contributed by atoms with Gasteiger partial charge in [-0.1, -0.05) is 61.5 Å². The van der Waals surface area contributed by atoms with Crippen LogP contribution in [0.5, 0.6) is 0 Å². The molecule has 2 aromatic rings. The molecule has 0 N–H and O–H groups in total. The molecule has 3 heteroatoms. The molecule has 0 radical (unpaired) electrons. The molecule has 110 valence electrons. The molecule has 0 aromatic heterocycles. The lowest BCUT2D eigenvalue weighted by Crippen LogP contribution is -2.57. The van der Waals surface area contributed by atoms with E-state index in [1.54, 1.807) is 0 Å². The lowest BCUT2D eigenvalue weighted by atomic mass is 9.58. The Bertz CT molecular complexity index is 752. The second-order valence-electron chi connectivity index (χ2n) is 6.11. The number of rotatable bonds is 2. The van der Waals surface area contributed by atoms with E-state index in [1.165, 1.54) is 0 Å². The summed E-state index contributed by atoms with van der Waals surface area (Å²) < 4.78 is 5.89. The van der Waals surface area contributed by atoms with Crippen LogP contribution in [0.4, 0.5) is 0 Å². The summed E-state index contributed by atoms with van der Waals surface area (Å²) in [5.74, 6) is -1.02. The smallest absolute Gasteiger partial charge is 0.314 e. The zero-order valence-electron chi connectivity index (χ0n) is 12.2. The number of ether oxygens (including phenoxy) is 1. The van der Waals surface area contributed by atoms with Gasteiger partial charge in [0.2, 0.25) is 0 Å². The number of benzene rings is 2. The van der Waals surface area contributed by atoms with Crippen LogP contribution in [0.25, 0.3) is 0 Å². The Labute approximate surface area is 128 Å². The summed E-state index contributed by atoms with van der Waals surface area (Å²) in [5, 5.41) is 0. The highest BCUT2D eigenvalue weighted by atomic mass is 16.6. The van der Waals surface area contributed by atoms with Crippen LogP contribution in [0.3, 0.4) is 0 Å². The van der Waals surface area contributed by atoms with E-state index in [1.807, 2.05) is 61.5 Å². The first-order valence-electron chi connectivity index (χ1n) is 7.53. The largest absolute Gasteiger partial charge is 0.448 e. The van der Waals surface area contributed by atoms with E-state index in [4.69, 9.17) is 4.74 Å². The minimum atomic E-state index is -0.995. The predicted molar refractivity (Wildman–Crippen MR) is 81.2 cm³/mol. The third-order valence-electron chi connectivity index (χ3n) is 5.12. The number of carbonyl (C=O) groups is 2. The normalized spacial score (nSPS) is 32.2. The number of hydrogen-bond donors (Lipinski definition) is 0. The first kappa shape index (κ1) is 13.3. The summed E-state index contributed by atoms with van der Waals surface area (Å²) in [6.07, 6.45) is 0.951. The van der Waals surface area contributed by atoms with Gasteiger partial charge in [0.05, 0.1) is 11.8 Å². The van der Waals surface area contributed by atoms with E-state index in [2.05, 4.69) is 0 Å². The Kier molecular flexibility index (Phi) is 2.73. The van der Waals surface area contributed by atoms with E-state index in [-0.39, 0.29) is 23.7 Å². The first-order chi connectivity index (χ1) is 10.7. The van der Waals surface area contributed by atoms with Crippen LogP contribution in [-0.2, 0) is 19.9 Å². The first-order valence-corrected chi connectivity index (χ1v) is 7.53. The molecule has 3 aliphatic rings. The molecule has 0 spiro atoms. The fourth-order valence-corrected chi connectivity index (χ4v) is 4.15. The van der Waals surface area contributed by atoms with Crippen LogP contribution >= 0.6 is 0 Å². The van der Waals surface area contributed by atoms with Crippen molar-refractivity contribution in [1.82, 2.24) is 0 Å². The number of aldehydes is 1. The maximum absolute atomic E-state index is 12.5. The van der Waals surface area contributed by atoms with Gasteiger partial charge in [-0.15, -0.1) is 0 Å². The molecule has 22 heavy (non-hydrogen) atoms. The molecule has 3 nitrogen and oxygen atoms in total. The van der Waals surface area contributed by atoms with Crippen LogP contribution in [0.15, 0.2) is 54.6 Å². The molecule has 0 unspecified atom stereocenters.